The summed E-state index contributed by atoms with van der Waals surface area (Å²) in [4.78, 5) is 2.12. The van der Waals surface area contributed by atoms with Crippen LogP contribution in [0.3, 0.4) is 0 Å². The average Bonchev–Trinajstić information content (AvgIpc) is 2.82. The molecule has 0 aliphatic carbocycles. The summed E-state index contributed by atoms with van der Waals surface area (Å²) in [5.41, 5.74) is 0.962. The van der Waals surface area contributed by atoms with Crippen molar-refractivity contribution in [1.29, 1.82) is 0 Å². The number of benzene rings is 1. The molecule has 1 aliphatic rings. The van der Waals surface area contributed by atoms with Crippen molar-refractivity contribution in [2.75, 3.05) is 25.0 Å². The first-order chi connectivity index (χ1) is 8.25. The number of hydrogen-bond acceptors (Lipinski definition) is 2. The van der Waals surface area contributed by atoms with Gasteiger partial charge >= 0.3 is 0 Å². The molecule has 0 amide bonds. The summed E-state index contributed by atoms with van der Waals surface area (Å²) in [6.07, 6.45) is 5.00. The fourth-order valence-electron chi connectivity index (χ4n) is 2.42. The van der Waals surface area contributed by atoms with Crippen molar-refractivity contribution in [3.63, 3.8) is 0 Å². The summed E-state index contributed by atoms with van der Waals surface area (Å²) in [5, 5.41) is 3.50. The van der Waals surface area contributed by atoms with E-state index in [0.717, 1.165) is 18.7 Å². The lowest BCUT2D eigenvalue weighted by atomic mass is 10.1. The van der Waals surface area contributed by atoms with Crippen LogP contribution < -0.4 is 10.2 Å². The number of halogens is 1. The zero-order valence-electron chi connectivity index (χ0n) is 10.5. The highest BCUT2D eigenvalue weighted by Gasteiger charge is 2.13. The summed E-state index contributed by atoms with van der Waals surface area (Å²) in [6, 6.07) is 7.50. The van der Waals surface area contributed by atoms with Crippen molar-refractivity contribution < 1.29 is 4.39 Å². The van der Waals surface area contributed by atoms with Gasteiger partial charge in [-0.15, -0.1) is 0 Å². The Morgan fingerprint density at radius 2 is 2.35 bits per heavy atom. The van der Waals surface area contributed by atoms with E-state index >= 15 is 0 Å². The minimum absolute atomic E-state index is 0.160. The summed E-state index contributed by atoms with van der Waals surface area (Å²) in [7, 11) is 2.02. The van der Waals surface area contributed by atoms with Crippen LogP contribution in [0.2, 0.25) is 0 Å². The van der Waals surface area contributed by atoms with Gasteiger partial charge in [0.25, 0.3) is 0 Å². The van der Waals surface area contributed by atoms with Gasteiger partial charge in [-0.3, -0.25) is 0 Å². The van der Waals surface area contributed by atoms with Crippen molar-refractivity contribution in [3.05, 3.63) is 30.1 Å². The molecule has 1 N–H and O–H groups in total. The van der Waals surface area contributed by atoms with Crippen molar-refractivity contribution in [3.8, 4) is 0 Å². The molecular weight excluding hydrogens is 215 g/mol. The predicted molar refractivity (Wildman–Crippen MR) is 69.9 cm³/mol. The zero-order valence-corrected chi connectivity index (χ0v) is 10.5. The Kier molecular flexibility index (Phi) is 4.37. The maximum atomic E-state index is 13.1. The second kappa shape index (κ2) is 6.01. The molecule has 1 aromatic rings. The molecule has 17 heavy (non-hydrogen) atoms. The van der Waals surface area contributed by atoms with Gasteiger partial charge in [-0.1, -0.05) is 6.07 Å². The van der Waals surface area contributed by atoms with Crippen LogP contribution in [-0.4, -0.2) is 26.2 Å². The molecule has 0 saturated carbocycles. The smallest absolute Gasteiger partial charge is 0.125 e. The molecule has 1 atom stereocenters. The Balaban J connectivity index is 1.74. The average molecular weight is 236 g/mol. The van der Waals surface area contributed by atoms with Gasteiger partial charge in [0.05, 0.1) is 0 Å². The first kappa shape index (κ1) is 12.4. The van der Waals surface area contributed by atoms with Gasteiger partial charge in [-0.05, 0) is 50.4 Å². The van der Waals surface area contributed by atoms with Crippen LogP contribution in [0.5, 0.6) is 0 Å². The van der Waals surface area contributed by atoms with Crippen molar-refractivity contribution >= 4 is 5.69 Å². The van der Waals surface area contributed by atoms with E-state index < -0.39 is 0 Å². The summed E-state index contributed by atoms with van der Waals surface area (Å²) in [5.74, 6) is -0.160. The van der Waals surface area contributed by atoms with Crippen molar-refractivity contribution in [1.82, 2.24) is 5.32 Å². The Labute approximate surface area is 103 Å². The molecule has 94 valence electrons. The number of hydrogen-bond donors (Lipinski definition) is 1. The minimum atomic E-state index is -0.160. The molecule has 1 heterocycles. The fraction of sp³-hybridized carbons (Fsp3) is 0.571. The Bertz CT molecular complexity index is 348. The third-order valence-electron chi connectivity index (χ3n) is 3.46. The number of nitrogens with one attached hydrogen (secondary N) is 1. The molecule has 0 bridgehead atoms. The molecule has 1 unspecified atom stereocenters. The SMILES string of the molecule is CN(CCCC1CCCN1)c1cccc(F)c1. The van der Waals surface area contributed by atoms with Gasteiger partial charge in [-0.25, -0.2) is 4.39 Å². The largest absolute Gasteiger partial charge is 0.375 e. The fourth-order valence-corrected chi connectivity index (χ4v) is 2.42. The quantitative estimate of drug-likeness (QED) is 0.845. The van der Waals surface area contributed by atoms with E-state index in [1.54, 1.807) is 12.1 Å². The predicted octanol–water partition coefficient (Wildman–Crippen LogP) is 2.79. The first-order valence-electron chi connectivity index (χ1n) is 6.46. The molecule has 0 aromatic heterocycles. The van der Waals surface area contributed by atoms with E-state index in [-0.39, 0.29) is 5.82 Å². The van der Waals surface area contributed by atoms with E-state index in [9.17, 15) is 4.39 Å². The molecule has 1 aliphatic heterocycles. The van der Waals surface area contributed by atoms with Gasteiger partial charge < -0.3 is 10.2 Å². The first-order valence-corrected chi connectivity index (χ1v) is 6.46. The molecule has 2 nitrogen and oxygen atoms in total. The molecular formula is C14H21FN2. The van der Waals surface area contributed by atoms with Crippen LogP contribution >= 0.6 is 0 Å². The highest BCUT2D eigenvalue weighted by Crippen LogP contribution is 2.16. The second-order valence-corrected chi connectivity index (χ2v) is 4.84. The van der Waals surface area contributed by atoms with Crippen LogP contribution in [0.25, 0.3) is 0 Å². The third-order valence-corrected chi connectivity index (χ3v) is 3.46. The van der Waals surface area contributed by atoms with Crippen LogP contribution in [0.15, 0.2) is 24.3 Å². The number of anilines is 1. The van der Waals surface area contributed by atoms with Crippen LogP contribution in [0, 0.1) is 5.82 Å². The third kappa shape index (κ3) is 3.70. The monoisotopic (exact) mass is 236 g/mol. The zero-order chi connectivity index (χ0) is 12.1. The lowest BCUT2D eigenvalue weighted by molar-refractivity contribution is 0.536. The highest BCUT2D eigenvalue weighted by atomic mass is 19.1. The van der Waals surface area contributed by atoms with Crippen LogP contribution in [-0.2, 0) is 0 Å². The van der Waals surface area contributed by atoms with Gasteiger partial charge in [0.1, 0.15) is 5.82 Å². The summed E-state index contributed by atoms with van der Waals surface area (Å²) >= 11 is 0. The topological polar surface area (TPSA) is 15.3 Å². The highest BCUT2D eigenvalue weighted by molar-refractivity contribution is 5.45. The van der Waals surface area contributed by atoms with Gasteiger partial charge in [0.2, 0.25) is 0 Å². The second-order valence-electron chi connectivity index (χ2n) is 4.84. The summed E-state index contributed by atoms with van der Waals surface area (Å²) in [6.45, 7) is 2.16. The molecule has 2 rings (SSSR count). The van der Waals surface area contributed by atoms with Gasteiger partial charge in [-0.2, -0.15) is 0 Å². The van der Waals surface area contributed by atoms with E-state index in [1.807, 2.05) is 13.1 Å². The molecule has 1 aromatic carbocycles. The molecule has 1 saturated heterocycles. The standard InChI is InChI=1S/C14H21FN2/c1-17(14-8-2-5-12(15)11-14)10-4-7-13-6-3-9-16-13/h2,5,8,11,13,16H,3-4,6-7,9-10H2,1H3. The minimum Gasteiger partial charge on any atom is -0.375 e. The maximum absolute atomic E-state index is 13.1. The Hall–Kier alpha value is -1.09. The van der Waals surface area contributed by atoms with E-state index in [1.165, 1.54) is 31.9 Å². The van der Waals surface area contributed by atoms with Crippen LogP contribution in [0.1, 0.15) is 25.7 Å². The number of nitrogens with zero attached hydrogens (tertiary/aromatic N) is 1. The normalized spacial score (nSPS) is 19.5. The lowest BCUT2D eigenvalue weighted by Crippen LogP contribution is -2.24. The van der Waals surface area contributed by atoms with Gasteiger partial charge in [0, 0.05) is 25.3 Å². The Morgan fingerprint density at radius 3 is 3.06 bits per heavy atom. The van der Waals surface area contributed by atoms with Gasteiger partial charge in [0.15, 0.2) is 0 Å². The molecule has 3 heteroatoms. The van der Waals surface area contributed by atoms with E-state index in [2.05, 4.69) is 10.2 Å². The Morgan fingerprint density at radius 1 is 1.47 bits per heavy atom. The molecule has 1 fully saturated rings. The van der Waals surface area contributed by atoms with E-state index in [4.69, 9.17) is 0 Å². The lowest BCUT2D eigenvalue weighted by Gasteiger charge is -2.20. The molecule has 0 spiro atoms. The van der Waals surface area contributed by atoms with E-state index in [0.29, 0.717) is 6.04 Å². The maximum Gasteiger partial charge on any atom is 0.125 e. The number of rotatable bonds is 5. The van der Waals surface area contributed by atoms with Crippen molar-refractivity contribution in [2.24, 2.45) is 0 Å². The molecule has 0 radical (unpaired) electrons. The van der Waals surface area contributed by atoms with Crippen LogP contribution in [0.4, 0.5) is 10.1 Å². The summed E-state index contributed by atoms with van der Waals surface area (Å²) < 4.78 is 13.1. The van der Waals surface area contributed by atoms with Crippen molar-refractivity contribution in [2.45, 2.75) is 31.7 Å².